The lowest BCUT2D eigenvalue weighted by Crippen LogP contribution is -2.53. The van der Waals surface area contributed by atoms with Crippen LogP contribution in [0.5, 0.6) is 0 Å². The molecule has 71 heavy (non-hydrogen) atoms. The Bertz CT molecular complexity index is 1120. The molecule has 0 radical (unpaired) electrons. The fourth-order valence-electron chi connectivity index (χ4n) is 10.1. The molecule has 4 unspecified atom stereocenters. The van der Waals surface area contributed by atoms with Crippen molar-refractivity contribution in [3.8, 4) is 0 Å². The molecule has 0 aliphatic carbocycles. The molecule has 0 aliphatic rings. The van der Waals surface area contributed by atoms with Crippen LogP contribution in [0.4, 0.5) is 0 Å². The smallest absolute Gasteiger partial charge is 0.249 e. The zero-order chi connectivity index (χ0) is 51.6. The third kappa shape index (κ3) is 53.2. The molecule has 0 aromatic carbocycles. The van der Waals surface area contributed by atoms with Gasteiger partial charge in [-0.25, -0.2) is 0 Å². The second-order valence-corrected chi connectivity index (χ2v) is 22.1. The first-order valence-corrected chi connectivity index (χ1v) is 31.9. The zero-order valence-electron chi connectivity index (χ0n) is 47.7. The van der Waals surface area contributed by atoms with Crippen molar-refractivity contribution >= 4 is 5.91 Å². The lowest BCUT2D eigenvalue weighted by molar-refractivity contribution is -0.132. The van der Waals surface area contributed by atoms with E-state index in [0.29, 0.717) is 19.3 Å². The number of unbranched alkanes of at least 4 members (excludes halogenated alkanes) is 44. The Morgan fingerprint density at radius 1 is 0.338 bits per heavy atom. The van der Waals surface area contributed by atoms with Crippen LogP contribution in [0.2, 0.25) is 0 Å². The van der Waals surface area contributed by atoms with Gasteiger partial charge >= 0.3 is 0 Å². The van der Waals surface area contributed by atoms with E-state index in [4.69, 9.17) is 0 Å². The highest BCUT2D eigenvalue weighted by Crippen LogP contribution is 2.18. The van der Waals surface area contributed by atoms with Crippen molar-refractivity contribution in [3.63, 3.8) is 0 Å². The van der Waals surface area contributed by atoms with Gasteiger partial charge in [-0.1, -0.05) is 301 Å². The first-order valence-electron chi connectivity index (χ1n) is 31.9. The third-order valence-corrected chi connectivity index (χ3v) is 15.1. The van der Waals surface area contributed by atoms with Crippen LogP contribution >= 0.6 is 0 Å². The van der Waals surface area contributed by atoms with Crippen molar-refractivity contribution in [2.24, 2.45) is 0 Å². The molecular weight excluding hydrogens is 875 g/mol. The Labute approximate surface area is 443 Å². The zero-order valence-corrected chi connectivity index (χ0v) is 47.7. The Hall–Kier alpha value is -1.47. The number of allylic oxidation sites excluding steroid dienone is 6. The Morgan fingerprint density at radius 3 is 0.887 bits per heavy atom. The van der Waals surface area contributed by atoms with E-state index >= 15 is 0 Å². The maximum absolute atomic E-state index is 12.6. The molecule has 0 spiro atoms. The van der Waals surface area contributed by atoms with Gasteiger partial charge in [0.2, 0.25) is 5.91 Å². The van der Waals surface area contributed by atoms with Gasteiger partial charge in [0.15, 0.2) is 0 Å². The summed E-state index contributed by atoms with van der Waals surface area (Å²) < 4.78 is 0. The minimum atomic E-state index is -1.29. The Balaban J connectivity index is 3.63. The van der Waals surface area contributed by atoms with Gasteiger partial charge in [0.25, 0.3) is 0 Å². The van der Waals surface area contributed by atoms with E-state index in [0.717, 1.165) is 38.5 Å². The van der Waals surface area contributed by atoms with Crippen LogP contribution in [0, 0.1) is 0 Å². The molecule has 6 heteroatoms. The molecule has 0 aliphatic heterocycles. The number of carbonyl (C=O) groups is 1. The summed E-state index contributed by atoms with van der Waals surface area (Å²) in [5.41, 5.74) is 0. The summed E-state index contributed by atoms with van der Waals surface area (Å²) in [7, 11) is 0. The number of nitrogens with one attached hydrogen (secondary N) is 1. The van der Waals surface area contributed by atoms with Gasteiger partial charge in [-0.3, -0.25) is 4.79 Å². The van der Waals surface area contributed by atoms with E-state index in [-0.39, 0.29) is 0 Å². The molecule has 0 aromatic rings. The van der Waals surface area contributed by atoms with Gasteiger partial charge in [0.1, 0.15) is 12.2 Å². The van der Waals surface area contributed by atoms with Crippen LogP contribution in [-0.2, 0) is 4.79 Å². The van der Waals surface area contributed by atoms with E-state index < -0.39 is 36.9 Å². The average molecular weight is 1000 g/mol. The van der Waals surface area contributed by atoms with Gasteiger partial charge in [-0.2, -0.15) is 0 Å². The van der Waals surface area contributed by atoms with Gasteiger partial charge in [-0.05, 0) is 77.0 Å². The van der Waals surface area contributed by atoms with E-state index in [1.165, 1.54) is 270 Å². The maximum atomic E-state index is 12.6. The summed E-state index contributed by atoms with van der Waals surface area (Å²) >= 11 is 0. The van der Waals surface area contributed by atoms with Crippen molar-refractivity contribution in [2.45, 2.75) is 366 Å². The molecule has 0 rings (SSSR count). The SMILES string of the molecule is CCCCCCCCCCCCCC/C=C\CCCCCCCCCCCCCCCC(O)C(=O)NC(CO)C(O)C(O)CCC/C=C/CC/C=C/CCCCCCCCCCCCCCCCCCC. The van der Waals surface area contributed by atoms with Gasteiger partial charge in [0, 0.05) is 0 Å². The fraction of sp³-hybridized carbons (Fsp3) is 0.892. The highest BCUT2D eigenvalue weighted by Gasteiger charge is 2.28. The van der Waals surface area contributed by atoms with Crippen LogP contribution in [0.3, 0.4) is 0 Å². The van der Waals surface area contributed by atoms with Crippen molar-refractivity contribution < 1.29 is 25.2 Å². The highest BCUT2D eigenvalue weighted by molar-refractivity contribution is 5.80. The Kier molecular flexibility index (Phi) is 58.2. The van der Waals surface area contributed by atoms with Crippen molar-refractivity contribution in [1.82, 2.24) is 5.32 Å². The summed E-state index contributed by atoms with van der Waals surface area (Å²) in [6.45, 7) is 4.08. The van der Waals surface area contributed by atoms with Crippen molar-refractivity contribution in [1.29, 1.82) is 0 Å². The first-order chi connectivity index (χ1) is 35.0. The molecule has 0 saturated carbocycles. The second-order valence-electron chi connectivity index (χ2n) is 22.1. The van der Waals surface area contributed by atoms with E-state index in [1.54, 1.807) is 0 Å². The number of aliphatic hydroxyl groups excluding tert-OH is 4. The van der Waals surface area contributed by atoms with Gasteiger partial charge < -0.3 is 25.7 Å². The molecule has 0 fully saturated rings. The minimum absolute atomic E-state index is 0.361. The molecule has 6 nitrogen and oxygen atoms in total. The van der Waals surface area contributed by atoms with Crippen LogP contribution in [0.25, 0.3) is 0 Å². The molecule has 0 saturated heterocycles. The van der Waals surface area contributed by atoms with E-state index in [1.807, 2.05) is 0 Å². The summed E-state index contributed by atoms with van der Waals surface area (Å²) in [5, 5.41) is 44.1. The highest BCUT2D eigenvalue weighted by atomic mass is 16.3. The van der Waals surface area contributed by atoms with Crippen LogP contribution < -0.4 is 5.32 Å². The average Bonchev–Trinajstić information content (AvgIpc) is 3.38. The summed E-state index contributed by atoms with van der Waals surface area (Å²) in [4.78, 5) is 12.6. The predicted molar refractivity (Wildman–Crippen MR) is 311 cm³/mol. The molecule has 420 valence electrons. The number of aliphatic hydroxyl groups is 4. The second kappa shape index (κ2) is 59.4. The van der Waals surface area contributed by atoms with Gasteiger partial charge in [-0.15, -0.1) is 0 Å². The summed E-state index contributed by atoms with van der Waals surface area (Å²) in [5.74, 6) is -0.593. The number of amides is 1. The maximum Gasteiger partial charge on any atom is 0.249 e. The van der Waals surface area contributed by atoms with Gasteiger partial charge in [0.05, 0.1) is 18.8 Å². The number of hydrogen-bond acceptors (Lipinski definition) is 5. The Morgan fingerprint density at radius 2 is 0.592 bits per heavy atom. The molecule has 0 heterocycles. The lowest BCUT2D eigenvalue weighted by Gasteiger charge is -2.27. The number of hydrogen-bond donors (Lipinski definition) is 5. The third-order valence-electron chi connectivity index (χ3n) is 15.1. The predicted octanol–water partition coefficient (Wildman–Crippen LogP) is 19.1. The van der Waals surface area contributed by atoms with Crippen LogP contribution in [-0.4, -0.2) is 57.3 Å². The quantitative estimate of drug-likeness (QED) is 0.0308. The molecule has 0 aromatic heterocycles. The standard InChI is InChI=1S/C65H125NO5/c1-3-5-7-9-11-13-15-17-19-21-23-25-27-29-31-32-33-35-37-39-41-43-45-47-49-51-53-55-57-59-63(69)65(71)66-61(60-67)64(70)62(68)58-56-54-52-50-48-46-44-42-40-38-36-34-30-28-26-24-22-20-18-16-14-12-10-8-6-4-2/h29,31,42,44,50,52,61-64,67-70H,3-28,30,32-41,43,45-49,51,53-60H2,1-2H3,(H,66,71)/b31-29-,44-42+,52-50+. The normalized spacial score (nSPS) is 13.8. The number of carbonyl (C=O) groups excluding carboxylic acids is 1. The fourth-order valence-corrected chi connectivity index (χ4v) is 10.1. The van der Waals surface area contributed by atoms with Crippen LogP contribution in [0.1, 0.15) is 341 Å². The van der Waals surface area contributed by atoms with Crippen molar-refractivity contribution in [2.75, 3.05) is 6.61 Å². The first kappa shape index (κ1) is 69.5. The molecule has 5 N–H and O–H groups in total. The molecule has 0 bridgehead atoms. The van der Waals surface area contributed by atoms with E-state index in [9.17, 15) is 25.2 Å². The lowest BCUT2D eigenvalue weighted by atomic mass is 10.00. The largest absolute Gasteiger partial charge is 0.394 e. The number of rotatable bonds is 59. The van der Waals surface area contributed by atoms with Crippen LogP contribution in [0.15, 0.2) is 36.5 Å². The molecule has 1 amide bonds. The molecule has 4 atom stereocenters. The molecular formula is C65H125NO5. The summed E-state index contributed by atoms with van der Waals surface area (Å²) in [6, 6.07) is -1.01. The van der Waals surface area contributed by atoms with E-state index in [2.05, 4.69) is 55.6 Å². The monoisotopic (exact) mass is 1000 g/mol. The topological polar surface area (TPSA) is 110 Å². The minimum Gasteiger partial charge on any atom is -0.394 e. The summed E-state index contributed by atoms with van der Waals surface area (Å²) in [6.07, 6.45) is 75.3. The van der Waals surface area contributed by atoms with Crippen molar-refractivity contribution in [3.05, 3.63) is 36.5 Å².